The molecule has 0 radical (unpaired) electrons. The van der Waals surface area contributed by atoms with E-state index in [1.807, 2.05) is 4.52 Å². The third kappa shape index (κ3) is 3.49. The van der Waals surface area contributed by atoms with Crippen molar-refractivity contribution in [1.29, 1.82) is 0 Å². The summed E-state index contributed by atoms with van der Waals surface area (Å²) in [5.74, 6) is 0.911. The van der Waals surface area contributed by atoms with E-state index in [1.54, 1.807) is 0 Å². The lowest BCUT2D eigenvalue weighted by Gasteiger charge is -2.25. The molecule has 0 saturated carbocycles. The van der Waals surface area contributed by atoms with Crippen LogP contribution in [0.15, 0.2) is 54.6 Å². The second-order valence-corrected chi connectivity index (χ2v) is 8.60. The lowest BCUT2D eigenvalue weighted by molar-refractivity contribution is 0.266. The lowest BCUT2D eigenvalue weighted by Crippen LogP contribution is -2.32. The van der Waals surface area contributed by atoms with Crippen LogP contribution < -0.4 is 4.90 Å². The molecule has 2 aromatic heterocycles. The van der Waals surface area contributed by atoms with E-state index >= 15 is 0 Å². The predicted molar refractivity (Wildman–Crippen MR) is 126 cm³/mol. The maximum absolute atomic E-state index is 9.91. The molecule has 0 aliphatic carbocycles. The summed E-state index contributed by atoms with van der Waals surface area (Å²) < 4.78 is 1.98. The second-order valence-electron chi connectivity index (χ2n) is 8.60. The Hall–Kier alpha value is -3.18. The van der Waals surface area contributed by atoms with Crippen molar-refractivity contribution >= 4 is 11.5 Å². The highest BCUT2D eigenvalue weighted by Gasteiger charge is 2.27. The van der Waals surface area contributed by atoms with Gasteiger partial charge in [0.2, 0.25) is 0 Å². The highest BCUT2D eigenvalue weighted by Crippen LogP contribution is 2.34. The highest BCUT2D eigenvalue weighted by molar-refractivity contribution is 5.83. The van der Waals surface area contributed by atoms with Crippen molar-refractivity contribution in [2.24, 2.45) is 0 Å². The zero-order valence-electron chi connectivity index (χ0n) is 18.3. The van der Waals surface area contributed by atoms with Gasteiger partial charge in [-0.2, -0.15) is 5.10 Å². The van der Waals surface area contributed by atoms with Crippen molar-refractivity contribution < 1.29 is 5.11 Å². The van der Waals surface area contributed by atoms with Crippen LogP contribution in [0.2, 0.25) is 0 Å². The summed E-state index contributed by atoms with van der Waals surface area (Å²) in [4.78, 5) is 7.35. The van der Waals surface area contributed by atoms with Gasteiger partial charge >= 0.3 is 0 Å². The number of anilines is 1. The van der Waals surface area contributed by atoms with Crippen molar-refractivity contribution in [2.45, 2.75) is 39.7 Å². The van der Waals surface area contributed by atoms with Crippen LogP contribution in [0.4, 0.5) is 5.82 Å². The third-order valence-electron chi connectivity index (χ3n) is 6.29. The number of rotatable bonds is 4. The number of aliphatic hydroxyl groups excluding tert-OH is 1. The van der Waals surface area contributed by atoms with Crippen molar-refractivity contribution in [3.05, 3.63) is 71.4 Å². The Morgan fingerprint density at radius 1 is 0.968 bits per heavy atom. The lowest BCUT2D eigenvalue weighted by atomic mass is 10.0. The minimum Gasteiger partial charge on any atom is -0.394 e. The monoisotopic (exact) mass is 412 g/mol. The molecule has 1 atom stereocenters. The summed E-state index contributed by atoms with van der Waals surface area (Å²) in [5.41, 5.74) is 8.59. The molecule has 158 valence electrons. The second kappa shape index (κ2) is 7.82. The first kappa shape index (κ1) is 19.8. The van der Waals surface area contributed by atoms with Crippen LogP contribution in [0.1, 0.15) is 29.7 Å². The Morgan fingerprint density at radius 3 is 2.52 bits per heavy atom. The Morgan fingerprint density at radius 2 is 1.77 bits per heavy atom. The van der Waals surface area contributed by atoms with E-state index in [9.17, 15) is 5.11 Å². The summed E-state index contributed by atoms with van der Waals surface area (Å²) >= 11 is 0. The molecular weight excluding hydrogens is 384 g/mol. The maximum Gasteiger partial charge on any atom is 0.166 e. The fraction of sp³-hybridized carbons (Fsp3) is 0.308. The van der Waals surface area contributed by atoms with Gasteiger partial charge in [-0.05, 0) is 45.2 Å². The molecular formula is C26H28N4O. The van der Waals surface area contributed by atoms with Gasteiger partial charge in [0.25, 0.3) is 0 Å². The van der Waals surface area contributed by atoms with Crippen molar-refractivity contribution in [2.75, 3.05) is 18.1 Å². The van der Waals surface area contributed by atoms with E-state index in [-0.39, 0.29) is 12.6 Å². The number of fused-ring (bicyclic) bond motifs is 1. The minimum absolute atomic E-state index is 0.118. The molecule has 1 saturated heterocycles. The fourth-order valence-electron chi connectivity index (χ4n) is 4.65. The van der Waals surface area contributed by atoms with E-state index < -0.39 is 0 Å². The molecule has 1 aliphatic heterocycles. The standard InChI is InChI=1S/C26H28N4O/c1-17-9-11-20(12-10-17)25-19(3)28-30-23(21-7-4-6-18(2)14-21)15-24(27-26(25)30)29-13-5-8-22(29)16-31/h4,6-7,9-12,14-15,22,31H,5,8,13,16H2,1-3H3. The van der Waals surface area contributed by atoms with Crippen LogP contribution in [-0.2, 0) is 0 Å². The van der Waals surface area contributed by atoms with E-state index in [2.05, 4.69) is 80.3 Å². The number of hydrogen-bond acceptors (Lipinski definition) is 4. The topological polar surface area (TPSA) is 53.7 Å². The number of aromatic nitrogens is 3. The minimum atomic E-state index is 0.118. The van der Waals surface area contributed by atoms with Crippen LogP contribution in [0.25, 0.3) is 28.0 Å². The van der Waals surface area contributed by atoms with Gasteiger partial charge in [-0.15, -0.1) is 0 Å². The molecule has 1 aliphatic rings. The van der Waals surface area contributed by atoms with Gasteiger partial charge < -0.3 is 10.0 Å². The van der Waals surface area contributed by atoms with E-state index in [0.29, 0.717) is 0 Å². The fourth-order valence-corrected chi connectivity index (χ4v) is 4.65. The summed E-state index contributed by atoms with van der Waals surface area (Å²) in [5, 5.41) is 14.8. The van der Waals surface area contributed by atoms with Gasteiger partial charge in [0.1, 0.15) is 5.82 Å². The van der Waals surface area contributed by atoms with Gasteiger partial charge in [-0.3, -0.25) is 0 Å². The van der Waals surface area contributed by atoms with Crippen molar-refractivity contribution in [3.63, 3.8) is 0 Å². The van der Waals surface area contributed by atoms with Crippen molar-refractivity contribution in [1.82, 2.24) is 14.6 Å². The molecule has 1 N–H and O–H groups in total. The molecule has 0 amide bonds. The van der Waals surface area contributed by atoms with Gasteiger partial charge in [0.05, 0.1) is 24.0 Å². The Bertz CT molecular complexity index is 1240. The van der Waals surface area contributed by atoms with Crippen LogP contribution in [-0.4, -0.2) is 38.9 Å². The van der Waals surface area contributed by atoms with E-state index in [0.717, 1.165) is 58.9 Å². The molecule has 1 fully saturated rings. The quantitative estimate of drug-likeness (QED) is 0.515. The first-order valence-electron chi connectivity index (χ1n) is 11.0. The largest absolute Gasteiger partial charge is 0.394 e. The first-order chi connectivity index (χ1) is 15.0. The summed E-state index contributed by atoms with van der Waals surface area (Å²) in [6.07, 6.45) is 2.06. The SMILES string of the molecule is Cc1ccc(-c2c(C)nn3c(-c4cccc(C)c4)cc(N4CCCC4CO)nc23)cc1. The Kier molecular flexibility index (Phi) is 4.98. The normalized spacial score (nSPS) is 16.4. The van der Waals surface area contributed by atoms with E-state index in [4.69, 9.17) is 10.1 Å². The van der Waals surface area contributed by atoms with Crippen LogP contribution >= 0.6 is 0 Å². The highest BCUT2D eigenvalue weighted by atomic mass is 16.3. The maximum atomic E-state index is 9.91. The molecule has 5 rings (SSSR count). The van der Waals surface area contributed by atoms with Crippen LogP contribution in [0.3, 0.4) is 0 Å². The van der Waals surface area contributed by atoms with Gasteiger partial charge in [-0.25, -0.2) is 9.50 Å². The average molecular weight is 413 g/mol. The summed E-state index contributed by atoms with van der Waals surface area (Å²) in [6, 6.07) is 19.3. The zero-order chi connectivity index (χ0) is 21.5. The molecule has 0 spiro atoms. The van der Waals surface area contributed by atoms with Gasteiger partial charge in [-0.1, -0.05) is 53.6 Å². The molecule has 31 heavy (non-hydrogen) atoms. The molecule has 3 heterocycles. The summed E-state index contributed by atoms with van der Waals surface area (Å²) in [7, 11) is 0. The molecule has 5 heteroatoms. The number of aryl methyl sites for hydroxylation is 3. The number of aliphatic hydroxyl groups is 1. The number of benzene rings is 2. The third-order valence-corrected chi connectivity index (χ3v) is 6.29. The molecule has 5 nitrogen and oxygen atoms in total. The summed E-state index contributed by atoms with van der Waals surface area (Å²) in [6.45, 7) is 7.32. The predicted octanol–water partition coefficient (Wildman–Crippen LogP) is 4.95. The Labute approximate surface area is 183 Å². The van der Waals surface area contributed by atoms with Crippen LogP contribution in [0, 0.1) is 20.8 Å². The zero-order valence-corrected chi connectivity index (χ0v) is 18.3. The smallest absolute Gasteiger partial charge is 0.166 e. The first-order valence-corrected chi connectivity index (χ1v) is 11.0. The van der Waals surface area contributed by atoms with Gasteiger partial charge in [0, 0.05) is 23.7 Å². The molecule has 0 bridgehead atoms. The molecule has 4 aromatic rings. The van der Waals surface area contributed by atoms with Crippen LogP contribution in [0.5, 0.6) is 0 Å². The van der Waals surface area contributed by atoms with Gasteiger partial charge in [0.15, 0.2) is 5.65 Å². The average Bonchev–Trinajstić information content (AvgIpc) is 3.37. The van der Waals surface area contributed by atoms with Crippen molar-refractivity contribution in [3.8, 4) is 22.4 Å². The Balaban J connectivity index is 1.79. The molecule has 1 unspecified atom stereocenters. The molecule has 2 aromatic carbocycles. The van der Waals surface area contributed by atoms with E-state index in [1.165, 1.54) is 11.1 Å². The number of hydrogen-bond donors (Lipinski definition) is 1. The number of nitrogens with zero attached hydrogens (tertiary/aromatic N) is 4.